The van der Waals surface area contributed by atoms with Crippen LogP contribution in [0.1, 0.15) is 22.5 Å². The Hall–Kier alpha value is -3.16. The molecule has 2 aromatic carbocycles. The third-order valence-corrected chi connectivity index (χ3v) is 4.12. The molecule has 0 fully saturated rings. The summed E-state index contributed by atoms with van der Waals surface area (Å²) in [6.07, 6.45) is -4.55. The molecule has 146 valence electrons. The Kier molecular flexibility index (Phi) is 5.22. The molecule has 1 N–H and O–H groups in total. The minimum absolute atomic E-state index is 0.126. The normalized spacial score (nSPS) is 11.5. The predicted octanol–water partition coefficient (Wildman–Crippen LogP) is 4.83. The minimum Gasteiger partial charge on any atom is -0.326 e. The average Bonchev–Trinajstić information content (AvgIpc) is 2.92. The lowest BCUT2D eigenvalue weighted by Gasteiger charge is -2.10. The van der Waals surface area contributed by atoms with Gasteiger partial charge in [0.05, 0.1) is 17.7 Å². The quantitative estimate of drug-likeness (QED) is 0.648. The van der Waals surface area contributed by atoms with Crippen molar-refractivity contribution in [2.24, 2.45) is 0 Å². The molecule has 0 aliphatic heterocycles. The molecule has 1 amide bonds. The average molecular weight is 391 g/mol. The van der Waals surface area contributed by atoms with Crippen LogP contribution in [0.4, 0.5) is 23.2 Å². The van der Waals surface area contributed by atoms with E-state index in [0.29, 0.717) is 5.56 Å². The fraction of sp³-hybridized carbons (Fsp3) is 0.200. The number of carbonyl (C=O) groups excluding carboxylic acids is 1. The van der Waals surface area contributed by atoms with Crippen molar-refractivity contribution >= 4 is 11.6 Å². The Bertz CT molecular complexity index is 1010. The standard InChI is InChI=1S/C20H17F4N3O/c1-12-9-13(2)27(26-12)18-8-7-16(11-17(18)21)25-19(28)10-14-3-5-15(6-4-14)20(22,23)24/h3-9,11H,10H2,1-2H3,(H,25,28). The molecule has 0 saturated carbocycles. The SMILES string of the molecule is Cc1cc(C)n(-c2ccc(NC(=O)Cc3ccc(C(F)(F)F)cc3)cc2F)n1. The Morgan fingerprint density at radius 3 is 2.29 bits per heavy atom. The molecule has 0 unspecified atom stereocenters. The smallest absolute Gasteiger partial charge is 0.326 e. The summed E-state index contributed by atoms with van der Waals surface area (Å²) < 4.78 is 53.6. The third kappa shape index (κ3) is 4.39. The van der Waals surface area contributed by atoms with Gasteiger partial charge in [0.25, 0.3) is 0 Å². The van der Waals surface area contributed by atoms with Gasteiger partial charge in [-0.1, -0.05) is 12.1 Å². The number of rotatable bonds is 4. The van der Waals surface area contributed by atoms with Crippen LogP contribution >= 0.6 is 0 Å². The van der Waals surface area contributed by atoms with Gasteiger partial charge in [-0.3, -0.25) is 4.79 Å². The molecule has 3 rings (SSSR count). The summed E-state index contributed by atoms with van der Waals surface area (Å²) in [5.74, 6) is -1.02. The number of anilines is 1. The Labute approximate surface area is 158 Å². The van der Waals surface area contributed by atoms with E-state index in [-0.39, 0.29) is 17.8 Å². The number of alkyl halides is 3. The van der Waals surface area contributed by atoms with Gasteiger partial charge in [0.1, 0.15) is 5.69 Å². The number of carbonyl (C=O) groups is 1. The van der Waals surface area contributed by atoms with Crippen molar-refractivity contribution in [3.8, 4) is 5.69 Å². The first-order valence-corrected chi connectivity index (χ1v) is 8.42. The molecule has 1 aromatic heterocycles. The second kappa shape index (κ2) is 7.46. The number of aryl methyl sites for hydroxylation is 2. The van der Waals surface area contributed by atoms with Gasteiger partial charge in [-0.25, -0.2) is 9.07 Å². The number of hydrogen-bond donors (Lipinski definition) is 1. The third-order valence-electron chi connectivity index (χ3n) is 4.12. The fourth-order valence-electron chi connectivity index (χ4n) is 2.83. The van der Waals surface area contributed by atoms with Crippen LogP contribution in [0.15, 0.2) is 48.5 Å². The molecule has 4 nitrogen and oxygen atoms in total. The highest BCUT2D eigenvalue weighted by Gasteiger charge is 2.29. The second-order valence-electron chi connectivity index (χ2n) is 6.42. The Morgan fingerprint density at radius 1 is 1.07 bits per heavy atom. The lowest BCUT2D eigenvalue weighted by molar-refractivity contribution is -0.137. The van der Waals surface area contributed by atoms with Crippen molar-refractivity contribution in [1.82, 2.24) is 9.78 Å². The van der Waals surface area contributed by atoms with Gasteiger partial charge in [-0.2, -0.15) is 18.3 Å². The maximum atomic E-state index is 14.4. The fourth-order valence-corrected chi connectivity index (χ4v) is 2.83. The van der Waals surface area contributed by atoms with E-state index in [1.54, 1.807) is 19.9 Å². The van der Waals surface area contributed by atoms with Crippen LogP contribution in [0.25, 0.3) is 5.69 Å². The molecule has 28 heavy (non-hydrogen) atoms. The summed E-state index contributed by atoms with van der Waals surface area (Å²) in [6.45, 7) is 3.61. The van der Waals surface area contributed by atoms with E-state index in [4.69, 9.17) is 0 Å². The molecule has 8 heteroatoms. The van der Waals surface area contributed by atoms with Gasteiger partial charge in [-0.05, 0) is 55.8 Å². The molecule has 0 spiro atoms. The van der Waals surface area contributed by atoms with Gasteiger partial charge >= 0.3 is 6.18 Å². The highest BCUT2D eigenvalue weighted by Crippen LogP contribution is 2.29. The molecular formula is C20H17F4N3O. The zero-order valence-electron chi connectivity index (χ0n) is 15.1. The first-order chi connectivity index (χ1) is 13.1. The molecule has 0 aliphatic rings. The maximum absolute atomic E-state index is 14.4. The first kappa shape index (κ1) is 19.6. The van der Waals surface area contributed by atoms with Crippen LogP contribution in [-0.4, -0.2) is 15.7 Å². The summed E-state index contributed by atoms with van der Waals surface area (Å²) in [4.78, 5) is 12.1. The van der Waals surface area contributed by atoms with Gasteiger partial charge in [0, 0.05) is 11.4 Å². The Morgan fingerprint density at radius 2 is 1.75 bits per heavy atom. The maximum Gasteiger partial charge on any atom is 0.416 e. The van der Waals surface area contributed by atoms with Crippen LogP contribution in [0.3, 0.4) is 0 Å². The summed E-state index contributed by atoms with van der Waals surface area (Å²) >= 11 is 0. The lowest BCUT2D eigenvalue weighted by Crippen LogP contribution is -2.15. The van der Waals surface area contributed by atoms with Crippen LogP contribution in [0, 0.1) is 19.7 Å². The van der Waals surface area contributed by atoms with Crippen molar-refractivity contribution in [1.29, 1.82) is 0 Å². The van der Waals surface area contributed by atoms with E-state index in [9.17, 15) is 22.4 Å². The summed E-state index contributed by atoms with van der Waals surface area (Å²) in [6, 6.07) is 10.4. The number of hydrogen-bond acceptors (Lipinski definition) is 2. The monoisotopic (exact) mass is 391 g/mol. The van der Waals surface area contributed by atoms with Crippen molar-refractivity contribution in [3.05, 3.63) is 76.9 Å². The summed E-state index contributed by atoms with van der Waals surface area (Å²) in [5.41, 5.74) is 1.68. The molecular weight excluding hydrogens is 374 g/mol. The Balaban J connectivity index is 1.69. The number of aromatic nitrogens is 2. The van der Waals surface area contributed by atoms with Crippen LogP contribution < -0.4 is 5.32 Å². The molecule has 1 heterocycles. The van der Waals surface area contributed by atoms with Crippen molar-refractivity contribution < 1.29 is 22.4 Å². The van der Waals surface area contributed by atoms with E-state index in [1.807, 2.05) is 6.07 Å². The molecule has 0 atom stereocenters. The van der Waals surface area contributed by atoms with Crippen molar-refractivity contribution in [2.75, 3.05) is 5.32 Å². The second-order valence-corrected chi connectivity index (χ2v) is 6.42. The molecule has 3 aromatic rings. The number of halogens is 4. The van der Waals surface area contributed by atoms with E-state index in [1.165, 1.54) is 28.9 Å². The van der Waals surface area contributed by atoms with Gasteiger partial charge in [0.2, 0.25) is 5.91 Å². The minimum atomic E-state index is -4.43. The van der Waals surface area contributed by atoms with Gasteiger partial charge in [-0.15, -0.1) is 0 Å². The van der Waals surface area contributed by atoms with E-state index in [2.05, 4.69) is 10.4 Å². The van der Waals surface area contributed by atoms with Crippen molar-refractivity contribution in [2.45, 2.75) is 26.4 Å². The van der Waals surface area contributed by atoms with Crippen LogP contribution in [-0.2, 0) is 17.4 Å². The predicted molar refractivity (Wildman–Crippen MR) is 96.8 cm³/mol. The topological polar surface area (TPSA) is 46.9 Å². The number of nitrogens with one attached hydrogen (secondary N) is 1. The molecule has 0 bridgehead atoms. The zero-order chi connectivity index (χ0) is 20.5. The molecule has 0 radical (unpaired) electrons. The van der Waals surface area contributed by atoms with Gasteiger partial charge < -0.3 is 5.32 Å². The van der Waals surface area contributed by atoms with Crippen LogP contribution in [0.2, 0.25) is 0 Å². The molecule has 0 saturated heterocycles. The van der Waals surface area contributed by atoms with E-state index < -0.39 is 23.5 Å². The molecule has 0 aliphatic carbocycles. The van der Waals surface area contributed by atoms with E-state index in [0.717, 1.165) is 23.5 Å². The largest absolute Gasteiger partial charge is 0.416 e. The number of nitrogens with zero attached hydrogens (tertiary/aromatic N) is 2. The van der Waals surface area contributed by atoms with Crippen LogP contribution in [0.5, 0.6) is 0 Å². The number of benzene rings is 2. The zero-order valence-corrected chi connectivity index (χ0v) is 15.1. The summed E-state index contributed by atoms with van der Waals surface area (Å²) in [5, 5.41) is 6.77. The van der Waals surface area contributed by atoms with E-state index >= 15 is 0 Å². The van der Waals surface area contributed by atoms with Gasteiger partial charge in [0.15, 0.2) is 5.82 Å². The number of amides is 1. The highest BCUT2D eigenvalue weighted by molar-refractivity contribution is 5.92. The first-order valence-electron chi connectivity index (χ1n) is 8.42. The highest BCUT2D eigenvalue weighted by atomic mass is 19.4. The summed E-state index contributed by atoms with van der Waals surface area (Å²) in [7, 11) is 0. The van der Waals surface area contributed by atoms with Crippen molar-refractivity contribution in [3.63, 3.8) is 0 Å². The lowest BCUT2D eigenvalue weighted by atomic mass is 10.1.